The molecule has 1 heterocycles. The Hall–Kier alpha value is -2.19. The third-order valence-electron chi connectivity index (χ3n) is 12.1. The summed E-state index contributed by atoms with van der Waals surface area (Å²) in [5, 5.41) is 0. The molecule has 0 spiro atoms. The first-order valence-electron chi connectivity index (χ1n) is 16.8. The average molecular weight is 615 g/mol. The van der Waals surface area contributed by atoms with E-state index in [9.17, 15) is 14.4 Å². The first kappa shape index (κ1) is 33.2. The summed E-state index contributed by atoms with van der Waals surface area (Å²) in [5.74, 6) is 2.47. The number of fused-ring (bicyclic) bond motifs is 3. The molecule has 0 unspecified atom stereocenters. The summed E-state index contributed by atoms with van der Waals surface area (Å²) < 4.78 is 29.3. The van der Waals surface area contributed by atoms with Gasteiger partial charge in [0.25, 0.3) is 0 Å². The molecule has 0 aromatic heterocycles. The SMILES string of the molecule is C=C1[C@H]2C[C@H](O[C@@H]3OC[C@@H](OC(C)=O)[C@H](OC(C)=O)[C@H]3OC(C)=O)[C@@H](C)[C@H]2C/C=C(/C)[C@H]2C[C@@]3(C)CC[C@@H](C(C)C)[C@@H]3C[C@@H]12. The van der Waals surface area contributed by atoms with Crippen LogP contribution >= 0.6 is 0 Å². The van der Waals surface area contributed by atoms with Gasteiger partial charge in [-0.15, -0.1) is 0 Å². The maximum Gasteiger partial charge on any atom is 0.303 e. The second kappa shape index (κ2) is 12.9. The molecular formula is C36H54O8. The summed E-state index contributed by atoms with van der Waals surface area (Å²) in [7, 11) is 0. The van der Waals surface area contributed by atoms with Crippen molar-refractivity contribution in [2.24, 2.45) is 52.8 Å². The van der Waals surface area contributed by atoms with Gasteiger partial charge in [0.1, 0.15) is 0 Å². The van der Waals surface area contributed by atoms with Crippen molar-refractivity contribution < 1.29 is 38.1 Å². The van der Waals surface area contributed by atoms with E-state index in [4.69, 9.17) is 30.3 Å². The fourth-order valence-corrected chi connectivity index (χ4v) is 9.89. The minimum Gasteiger partial charge on any atom is -0.456 e. The topological polar surface area (TPSA) is 97.4 Å². The van der Waals surface area contributed by atoms with Gasteiger partial charge in [0.05, 0.1) is 12.7 Å². The second-order valence-corrected chi connectivity index (χ2v) is 15.2. The summed E-state index contributed by atoms with van der Waals surface area (Å²) in [5.41, 5.74) is 3.31. The summed E-state index contributed by atoms with van der Waals surface area (Å²) >= 11 is 0. The zero-order chi connectivity index (χ0) is 32.1. The normalized spacial score (nSPS) is 44.8. The lowest BCUT2D eigenvalue weighted by atomic mass is 9.55. The molecule has 0 bridgehead atoms. The fourth-order valence-electron chi connectivity index (χ4n) is 9.89. The lowest BCUT2D eigenvalue weighted by Gasteiger charge is -2.50. The van der Waals surface area contributed by atoms with Gasteiger partial charge in [-0.25, -0.2) is 0 Å². The zero-order valence-electron chi connectivity index (χ0n) is 28.0. The van der Waals surface area contributed by atoms with E-state index < -0.39 is 42.5 Å². The number of hydrogen-bond donors (Lipinski definition) is 0. The van der Waals surface area contributed by atoms with Gasteiger partial charge in [0, 0.05) is 20.8 Å². The smallest absolute Gasteiger partial charge is 0.303 e. The van der Waals surface area contributed by atoms with Crippen LogP contribution in [-0.2, 0) is 38.1 Å². The van der Waals surface area contributed by atoms with E-state index in [1.54, 1.807) is 0 Å². The van der Waals surface area contributed by atoms with Crippen LogP contribution in [0.15, 0.2) is 23.8 Å². The molecule has 1 saturated heterocycles. The van der Waals surface area contributed by atoms with E-state index in [1.165, 1.54) is 57.6 Å². The molecule has 0 aromatic carbocycles. The van der Waals surface area contributed by atoms with Gasteiger partial charge in [-0.05, 0) is 98.2 Å². The van der Waals surface area contributed by atoms with Crippen molar-refractivity contribution in [3.63, 3.8) is 0 Å². The fraction of sp³-hybridized carbons (Fsp3) is 0.806. The van der Waals surface area contributed by atoms with E-state index in [2.05, 4.69) is 40.7 Å². The lowest BCUT2D eigenvalue weighted by molar-refractivity contribution is -0.293. The molecule has 1 aliphatic heterocycles. The average Bonchev–Trinajstić information content (AvgIpc) is 3.43. The van der Waals surface area contributed by atoms with Gasteiger partial charge in [-0.1, -0.05) is 51.5 Å². The predicted molar refractivity (Wildman–Crippen MR) is 165 cm³/mol. The molecule has 0 aromatic rings. The maximum atomic E-state index is 12.2. The van der Waals surface area contributed by atoms with Crippen molar-refractivity contribution in [2.75, 3.05) is 6.61 Å². The van der Waals surface area contributed by atoms with Gasteiger partial charge in [0.15, 0.2) is 24.6 Å². The van der Waals surface area contributed by atoms with Crippen molar-refractivity contribution >= 4 is 17.9 Å². The van der Waals surface area contributed by atoms with Crippen LogP contribution in [0.3, 0.4) is 0 Å². The molecule has 0 amide bonds. The minimum absolute atomic E-state index is 0.0382. The zero-order valence-corrected chi connectivity index (χ0v) is 28.0. The highest BCUT2D eigenvalue weighted by atomic mass is 16.7. The summed E-state index contributed by atoms with van der Waals surface area (Å²) in [6, 6.07) is 0. The number of hydrogen-bond acceptors (Lipinski definition) is 8. The van der Waals surface area contributed by atoms with E-state index in [0.717, 1.165) is 24.7 Å². The Labute approximate surface area is 263 Å². The van der Waals surface area contributed by atoms with Gasteiger partial charge in [0.2, 0.25) is 0 Å². The Bertz CT molecular complexity index is 1160. The maximum absolute atomic E-state index is 12.2. The monoisotopic (exact) mass is 614 g/mol. The number of carbonyl (C=O) groups is 3. The number of rotatable bonds is 6. The Balaban J connectivity index is 1.37. The van der Waals surface area contributed by atoms with Gasteiger partial charge >= 0.3 is 17.9 Å². The van der Waals surface area contributed by atoms with Crippen LogP contribution < -0.4 is 0 Å². The molecule has 5 aliphatic rings. The highest BCUT2D eigenvalue weighted by molar-refractivity contribution is 5.68. The van der Waals surface area contributed by atoms with Crippen molar-refractivity contribution in [2.45, 2.75) is 125 Å². The van der Waals surface area contributed by atoms with Crippen LogP contribution in [0.5, 0.6) is 0 Å². The van der Waals surface area contributed by atoms with Crippen LogP contribution in [0, 0.1) is 52.8 Å². The quantitative estimate of drug-likeness (QED) is 0.192. The molecule has 8 nitrogen and oxygen atoms in total. The van der Waals surface area contributed by atoms with Crippen LogP contribution in [-0.4, -0.2) is 55.2 Å². The second-order valence-electron chi connectivity index (χ2n) is 15.2. The van der Waals surface area contributed by atoms with Crippen LogP contribution in [0.4, 0.5) is 0 Å². The van der Waals surface area contributed by atoms with E-state index >= 15 is 0 Å². The van der Waals surface area contributed by atoms with E-state index in [-0.39, 0.29) is 18.6 Å². The van der Waals surface area contributed by atoms with Gasteiger partial charge in [-0.2, -0.15) is 0 Å². The number of carbonyl (C=O) groups excluding carboxylic acids is 3. The summed E-state index contributed by atoms with van der Waals surface area (Å²) in [6.07, 6.45) is 5.28. The molecule has 246 valence electrons. The molecule has 4 aliphatic carbocycles. The highest BCUT2D eigenvalue weighted by Crippen LogP contribution is 2.63. The molecule has 3 saturated carbocycles. The highest BCUT2D eigenvalue weighted by Gasteiger charge is 2.56. The minimum atomic E-state index is -1.07. The Morgan fingerprint density at radius 2 is 1.61 bits per heavy atom. The number of allylic oxidation sites excluding steroid dienone is 3. The Kier molecular flexibility index (Phi) is 9.73. The van der Waals surface area contributed by atoms with E-state index in [1.807, 2.05) is 0 Å². The van der Waals surface area contributed by atoms with Crippen LogP contribution in [0.1, 0.15) is 93.9 Å². The van der Waals surface area contributed by atoms with Crippen molar-refractivity contribution in [1.29, 1.82) is 0 Å². The number of ether oxygens (including phenoxy) is 5. The Morgan fingerprint density at radius 3 is 2.25 bits per heavy atom. The standard InChI is InChI=1S/C36H54O8/c1-18(2)25-12-13-36(9)16-29-19(3)10-11-26-21(5)31(15-28(26)20(4)27(29)14-30(25)36)44-35-34(43-24(8)39)33(42-23(7)38)32(17-40-35)41-22(6)37/h10,18,21,25-35H,4,11-17H2,1-3,5-9H3/b19-10-/t21-,25-,26+,27-,28+,29+,30-,31-,32+,33-,34+,35-,36+/m0/s1. The summed E-state index contributed by atoms with van der Waals surface area (Å²) in [6.45, 7) is 20.6. The molecule has 0 radical (unpaired) electrons. The first-order valence-corrected chi connectivity index (χ1v) is 16.8. The Morgan fingerprint density at radius 1 is 0.955 bits per heavy atom. The third kappa shape index (κ3) is 6.40. The van der Waals surface area contributed by atoms with Crippen molar-refractivity contribution in [3.8, 4) is 0 Å². The molecule has 5 rings (SSSR count). The lowest BCUT2D eigenvalue weighted by Crippen LogP contribution is -2.58. The summed E-state index contributed by atoms with van der Waals surface area (Å²) in [4.78, 5) is 36.0. The molecule has 13 atom stereocenters. The van der Waals surface area contributed by atoms with Crippen molar-refractivity contribution in [1.82, 2.24) is 0 Å². The molecular weight excluding hydrogens is 560 g/mol. The molecule has 8 heteroatoms. The van der Waals surface area contributed by atoms with E-state index in [0.29, 0.717) is 35.0 Å². The largest absolute Gasteiger partial charge is 0.456 e. The van der Waals surface area contributed by atoms with Gasteiger partial charge < -0.3 is 23.7 Å². The molecule has 44 heavy (non-hydrogen) atoms. The molecule has 0 N–H and O–H groups in total. The number of esters is 3. The van der Waals surface area contributed by atoms with Gasteiger partial charge in [-0.3, -0.25) is 14.4 Å². The first-order chi connectivity index (χ1) is 20.7. The molecule has 4 fully saturated rings. The predicted octanol–water partition coefficient (Wildman–Crippen LogP) is 6.42. The van der Waals surface area contributed by atoms with Crippen LogP contribution in [0.2, 0.25) is 0 Å². The third-order valence-corrected chi connectivity index (χ3v) is 12.1. The van der Waals surface area contributed by atoms with Crippen LogP contribution in [0.25, 0.3) is 0 Å². The van der Waals surface area contributed by atoms with Crippen molar-refractivity contribution in [3.05, 3.63) is 23.8 Å².